The largest absolute Gasteiger partial charge is 0.260 e. The summed E-state index contributed by atoms with van der Waals surface area (Å²) in [5.74, 6) is 0.530. The third kappa shape index (κ3) is 4.45. The Balaban J connectivity index is 1.62. The molecular weight excluding hydrogens is 396 g/mol. The number of para-hydroxylation sites is 2. The number of amidine groups is 1. The minimum atomic E-state index is 0.489. The summed E-state index contributed by atoms with van der Waals surface area (Å²) in [4.78, 5) is 9.00. The van der Waals surface area contributed by atoms with Crippen LogP contribution in [-0.4, -0.2) is 26.8 Å². The van der Waals surface area contributed by atoms with E-state index in [-0.39, 0.29) is 0 Å². The van der Waals surface area contributed by atoms with Gasteiger partial charge in [0.25, 0.3) is 0 Å². The van der Waals surface area contributed by atoms with Crippen LogP contribution in [0.15, 0.2) is 95.2 Å². The minimum Gasteiger partial charge on any atom is -0.260 e. The fourth-order valence-electron chi connectivity index (χ4n) is 2.83. The fourth-order valence-corrected chi connectivity index (χ4v) is 3.15. The van der Waals surface area contributed by atoms with Crippen molar-refractivity contribution in [3.63, 3.8) is 0 Å². The number of aryl methyl sites for hydroxylation is 1. The highest BCUT2D eigenvalue weighted by molar-refractivity contribution is 6.32. The van der Waals surface area contributed by atoms with Crippen LogP contribution in [0.1, 0.15) is 17.0 Å². The van der Waals surface area contributed by atoms with E-state index >= 15 is 0 Å². The molecule has 2 aromatic heterocycles. The third-order valence-electron chi connectivity index (χ3n) is 4.32. The van der Waals surface area contributed by atoms with Crippen LogP contribution in [0, 0.1) is 6.92 Å². The predicted octanol–water partition coefficient (Wildman–Crippen LogP) is 4.93. The smallest absolute Gasteiger partial charge is 0.172 e. The van der Waals surface area contributed by atoms with Gasteiger partial charge in [-0.2, -0.15) is 10.2 Å². The maximum absolute atomic E-state index is 6.57. The second kappa shape index (κ2) is 9.15. The molecule has 4 aromatic rings. The van der Waals surface area contributed by atoms with Crippen molar-refractivity contribution in [2.24, 2.45) is 10.1 Å². The number of nitrogens with one attached hydrogen (secondary N) is 1. The molecule has 0 atom stereocenters. The molecule has 0 amide bonds. The molecule has 0 aliphatic rings. The Labute approximate surface area is 179 Å². The van der Waals surface area contributed by atoms with Crippen LogP contribution in [0.25, 0.3) is 5.69 Å². The Kier molecular flexibility index (Phi) is 5.96. The topological polar surface area (TPSA) is 67.5 Å². The highest BCUT2D eigenvalue weighted by Gasteiger charge is 2.13. The predicted molar refractivity (Wildman–Crippen MR) is 121 cm³/mol. The summed E-state index contributed by atoms with van der Waals surface area (Å²) in [6, 6.07) is 25.0. The number of pyridine rings is 1. The molecule has 0 bridgehead atoms. The van der Waals surface area contributed by atoms with E-state index in [1.54, 1.807) is 17.1 Å². The molecule has 7 heteroatoms. The summed E-state index contributed by atoms with van der Waals surface area (Å²) < 4.78 is 1.69. The van der Waals surface area contributed by atoms with Crippen molar-refractivity contribution in [2.75, 3.05) is 0 Å². The van der Waals surface area contributed by atoms with Crippen LogP contribution in [0.2, 0.25) is 5.15 Å². The normalized spacial score (nSPS) is 11.7. The van der Waals surface area contributed by atoms with Crippen LogP contribution >= 0.6 is 11.6 Å². The van der Waals surface area contributed by atoms with Crippen LogP contribution in [0.4, 0.5) is 5.69 Å². The van der Waals surface area contributed by atoms with Gasteiger partial charge in [0, 0.05) is 6.20 Å². The lowest BCUT2D eigenvalue weighted by molar-refractivity contribution is 0.863. The SMILES string of the molecule is Cc1nn(-c2ccccc2)c(Cl)c1/C=N/NC(=Nc1ccccc1)c1ccccn1. The molecule has 0 radical (unpaired) electrons. The summed E-state index contributed by atoms with van der Waals surface area (Å²) in [6.45, 7) is 1.89. The molecule has 148 valence electrons. The minimum absolute atomic E-state index is 0.489. The Morgan fingerprint density at radius 2 is 1.67 bits per heavy atom. The Hall–Kier alpha value is -3.77. The van der Waals surface area contributed by atoms with Crippen molar-refractivity contribution in [1.82, 2.24) is 20.2 Å². The molecule has 30 heavy (non-hydrogen) atoms. The molecule has 0 aliphatic carbocycles. The molecule has 2 aromatic carbocycles. The number of halogens is 1. The summed E-state index contributed by atoms with van der Waals surface area (Å²) in [6.07, 6.45) is 3.36. The maximum atomic E-state index is 6.57. The summed E-state index contributed by atoms with van der Waals surface area (Å²) >= 11 is 6.57. The second-order valence-corrected chi connectivity index (χ2v) is 6.78. The Morgan fingerprint density at radius 1 is 0.967 bits per heavy atom. The lowest BCUT2D eigenvalue weighted by Crippen LogP contribution is -2.20. The first-order chi connectivity index (χ1) is 14.7. The first-order valence-electron chi connectivity index (χ1n) is 9.37. The van der Waals surface area contributed by atoms with E-state index in [9.17, 15) is 0 Å². The molecule has 0 fully saturated rings. The number of hydrogen-bond donors (Lipinski definition) is 1. The summed E-state index contributed by atoms with van der Waals surface area (Å²) in [5, 5.41) is 9.38. The third-order valence-corrected chi connectivity index (χ3v) is 4.68. The van der Waals surface area contributed by atoms with Crippen LogP contribution in [-0.2, 0) is 0 Å². The van der Waals surface area contributed by atoms with Gasteiger partial charge in [-0.05, 0) is 43.3 Å². The van der Waals surface area contributed by atoms with Gasteiger partial charge in [0.15, 0.2) is 5.84 Å². The van der Waals surface area contributed by atoms with Gasteiger partial charge < -0.3 is 0 Å². The standard InChI is InChI=1S/C23H19ClN6/c1-17-20(22(24)30(29-17)19-12-6-3-7-13-19)16-26-28-23(21-14-8-9-15-25-21)27-18-10-4-2-5-11-18/h2-16H,1H3,(H,27,28)/b26-16+. The van der Waals surface area contributed by atoms with Crippen molar-refractivity contribution in [3.8, 4) is 5.69 Å². The fraction of sp³-hybridized carbons (Fsp3) is 0.0435. The maximum Gasteiger partial charge on any atom is 0.172 e. The summed E-state index contributed by atoms with van der Waals surface area (Å²) in [5.41, 5.74) is 6.87. The molecule has 0 unspecified atom stereocenters. The van der Waals surface area contributed by atoms with Crippen LogP contribution in [0.5, 0.6) is 0 Å². The number of hydrogen-bond acceptors (Lipinski definition) is 4. The molecule has 6 nitrogen and oxygen atoms in total. The lowest BCUT2D eigenvalue weighted by atomic mass is 10.3. The lowest BCUT2D eigenvalue weighted by Gasteiger charge is -2.05. The van der Waals surface area contributed by atoms with Crippen molar-refractivity contribution in [3.05, 3.63) is 107 Å². The number of aliphatic imine (C=N–C) groups is 1. The van der Waals surface area contributed by atoms with Gasteiger partial charge in [0.05, 0.1) is 28.8 Å². The van der Waals surface area contributed by atoms with Crippen molar-refractivity contribution in [2.45, 2.75) is 6.92 Å². The molecule has 0 spiro atoms. The monoisotopic (exact) mass is 414 g/mol. The first kappa shape index (κ1) is 19.5. The van der Waals surface area contributed by atoms with Crippen molar-refractivity contribution in [1.29, 1.82) is 0 Å². The van der Waals surface area contributed by atoms with Crippen molar-refractivity contribution < 1.29 is 0 Å². The quantitative estimate of drug-likeness (QED) is 0.286. The average molecular weight is 415 g/mol. The Morgan fingerprint density at radius 3 is 2.37 bits per heavy atom. The van der Waals surface area contributed by atoms with E-state index in [1.165, 1.54) is 0 Å². The zero-order valence-electron chi connectivity index (χ0n) is 16.3. The zero-order chi connectivity index (χ0) is 20.8. The van der Waals surface area contributed by atoms with Gasteiger partial charge in [-0.3, -0.25) is 10.4 Å². The number of nitrogens with zero attached hydrogens (tertiary/aromatic N) is 5. The zero-order valence-corrected chi connectivity index (χ0v) is 17.0. The van der Waals surface area contributed by atoms with Crippen LogP contribution < -0.4 is 5.43 Å². The number of hydrazone groups is 1. The number of benzene rings is 2. The van der Waals surface area contributed by atoms with E-state index in [2.05, 4.69) is 25.6 Å². The number of rotatable bonds is 5. The van der Waals surface area contributed by atoms with Crippen molar-refractivity contribution >= 4 is 29.3 Å². The van der Waals surface area contributed by atoms with Gasteiger partial charge >= 0.3 is 0 Å². The first-order valence-corrected chi connectivity index (χ1v) is 9.75. The van der Waals surface area contributed by atoms with Gasteiger partial charge in [-0.25, -0.2) is 9.67 Å². The highest BCUT2D eigenvalue weighted by Crippen LogP contribution is 2.22. The van der Waals surface area contributed by atoms with E-state index in [4.69, 9.17) is 11.6 Å². The molecule has 0 saturated carbocycles. The average Bonchev–Trinajstić information content (AvgIpc) is 3.08. The van der Waals surface area contributed by atoms with E-state index in [0.717, 1.165) is 22.6 Å². The van der Waals surface area contributed by atoms with Gasteiger partial charge in [0.1, 0.15) is 10.8 Å². The molecule has 1 N–H and O–H groups in total. The van der Waals surface area contributed by atoms with Gasteiger partial charge in [0.2, 0.25) is 0 Å². The van der Waals surface area contributed by atoms with Gasteiger partial charge in [-0.1, -0.05) is 54.1 Å². The second-order valence-electron chi connectivity index (χ2n) is 6.42. The number of aromatic nitrogens is 3. The Bertz CT molecular complexity index is 1170. The highest BCUT2D eigenvalue weighted by atomic mass is 35.5. The molecule has 0 aliphatic heterocycles. The molecular formula is C23H19ClN6. The van der Waals surface area contributed by atoms with E-state index in [1.807, 2.05) is 85.8 Å². The van der Waals surface area contributed by atoms with E-state index in [0.29, 0.717) is 16.7 Å². The van der Waals surface area contributed by atoms with E-state index < -0.39 is 0 Å². The molecule has 2 heterocycles. The van der Waals surface area contributed by atoms with Crippen LogP contribution in [0.3, 0.4) is 0 Å². The van der Waals surface area contributed by atoms with Gasteiger partial charge in [-0.15, -0.1) is 0 Å². The molecule has 4 rings (SSSR count). The summed E-state index contributed by atoms with van der Waals surface area (Å²) in [7, 11) is 0. The molecule has 0 saturated heterocycles.